The smallest absolute Gasteiger partial charge is 0.251 e. The second kappa shape index (κ2) is 14.5. The van der Waals surface area contributed by atoms with Gasteiger partial charge in [-0.1, -0.05) is 12.1 Å². The lowest BCUT2D eigenvalue weighted by molar-refractivity contribution is -0.122. The number of hydrogen-bond donors (Lipinski definition) is 7. The number of rotatable bonds is 15. The molecule has 1 atom stereocenters. The van der Waals surface area contributed by atoms with Crippen LogP contribution < -0.4 is 21.1 Å². The molecule has 2 aromatic carbocycles. The molecule has 0 unspecified atom stereocenters. The molecule has 8 N–H and O–H groups in total. The van der Waals surface area contributed by atoms with E-state index in [0.717, 1.165) is 17.7 Å². The van der Waals surface area contributed by atoms with Crippen molar-refractivity contribution in [1.82, 2.24) is 10.6 Å². The third kappa shape index (κ3) is 9.43. The fourth-order valence-electron chi connectivity index (χ4n) is 3.25. The van der Waals surface area contributed by atoms with Gasteiger partial charge in [0.2, 0.25) is 11.7 Å². The number of nitrogens with one attached hydrogen (secondary N) is 2. The van der Waals surface area contributed by atoms with Crippen LogP contribution in [0.15, 0.2) is 36.4 Å². The zero-order valence-corrected chi connectivity index (χ0v) is 19.9. The van der Waals surface area contributed by atoms with E-state index in [-0.39, 0.29) is 54.9 Å². The van der Waals surface area contributed by atoms with Crippen LogP contribution in [-0.4, -0.2) is 70.4 Å². The number of ether oxygens (including phenoxy) is 1. The van der Waals surface area contributed by atoms with Gasteiger partial charge in [-0.05, 0) is 55.5 Å². The number of carbonyl (C=O) groups excluding carboxylic acids is 3. The maximum absolute atomic E-state index is 12.2. The first-order chi connectivity index (χ1) is 17.2. The zero-order valence-electron chi connectivity index (χ0n) is 19.9. The van der Waals surface area contributed by atoms with E-state index >= 15 is 0 Å². The second-order valence-electron chi connectivity index (χ2n) is 8.22. The Morgan fingerprint density at radius 1 is 0.944 bits per heavy atom. The number of phenolic OH excluding ortho intramolecular Hbond substituents is 3. The minimum Gasteiger partial charge on any atom is -0.508 e. The molecule has 0 aliphatic heterocycles. The number of aliphatic hydroxyl groups is 1. The van der Waals surface area contributed by atoms with Crippen molar-refractivity contribution in [1.29, 1.82) is 0 Å². The predicted molar refractivity (Wildman–Crippen MR) is 131 cm³/mol. The second-order valence-corrected chi connectivity index (χ2v) is 8.22. The minimum absolute atomic E-state index is 0.0429. The Hall–Kier alpha value is -3.83. The van der Waals surface area contributed by atoms with Crippen molar-refractivity contribution in [2.45, 2.75) is 38.1 Å². The molecule has 0 saturated carbocycles. The fraction of sp³-hybridized carbons (Fsp3) is 0.400. The molecule has 11 nitrogen and oxygen atoms in total. The molecule has 11 heteroatoms. The van der Waals surface area contributed by atoms with E-state index in [2.05, 4.69) is 10.6 Å². The highest BCUT2D eigenvalue weighted by Gasteiger charge is 2.17. The molecule has 2 rings (SSSR count). The first-order valence-electron chi connectivity index (χ1n) is 11.6. The number of ketones is 1. The van der Waals surface area contributed by atoms with E-state index in [1.807, 2.05) is 0 Å². The van der Waals surface area contributed by atoms with Crippen LogP contribution >= 0.6 is 0 Å². The monoisotopic (exact) mass is 503 g/mol. The van der Waals surface area contributed by atoms with Crippen molar-refractivity contribution < 1.29 is 39.5 Å². The summed E-state index contributed by atoms with van der Waals surface area (Å²) >= 11 is 0. The molecule has 2 amide bonds. The van der Waals surface area contributed by atoms with Crippen LogP contribution in [0.25, 0.3) is 0 Å². The first kappa shape index (κ1) is 28.4. The molecular weight excluding hydrogens is 470 g/mol. The van der Waals surface area contributed by atoms with Gasteiger partial charge in [0.25, 0.3) is 5.91 Å². The fourth-order valence-corrected chi connectivity index (χ4v) is 3.25. The Kier molecular flexibility index (Phi) is 11.5. The summed E-state index contributed by atoms with van der Waals surface area (Å²) in [7, 11) is 0. The number of aromatic hydroxyl groups is 3. The summed E-state index contributed by atoms with van der Waals surface area (Å²) in [4.78, 5) is 35.9. The van der Waals surface area contributed by atoms with Crippen molar-refractivity contribution >= 4 is 17.6 Å². The Balaban J connectivity index is 1.71. The molecule has 0 aliphatic carbocycles. The van der Waals surface area contributed by atoms with Crippen LogP contribution in [0.4, 0.5) is 0 Å². The Bertz CT molecular complexity index is 1000. The molecule has 0 bridgehead atoms. The molecule has 196 valence electrons. The molecule has 0 spiro atoms. The SMILES string of the molecule is N[C@@H](Cc1ccc(O)cc1)C(=O)NCCCCOc1c(O)cc(C(=O)NCC(=O)CCCO)cc1O. The zero-order chi connectivity index (χ0) is 26.5. The van der Waals surface area contributed by atoms with Crippen molar-refractivity contribution in [3.63, 3.8) is 0 Å². The minimum atomic E-state index is -0.728. The number of aliphatic hydroxyl groups excluding tert-OH is 1. The van der Waals surface area contributed by atoms with Gasteiger partial charge in [-0.2, -0.15) is 0 Å². The summed E-state index contributed by atoms with van der Waals surface area (Å²) in [5.41, 5.74) is 6.70. The topological polar surface area (TPSA) is 191 Å². The van der Waals surface area contributed by atoms with Crippen LogP contribution in [0.5, 0.6) is 23.0 Å². The predicted octanol–water partition coefficient (Wildman–Crippen LogP) is 0.720. The van der Waals surface area contributed by atoms with E-state index in [1.54, 1.807) is 12.1 Å². The lowest BCUT2D eigenvalue weighted by Gasteiger charge is -2.13. The highest BCUT2D eigenvalue weighted by Crippen LogP contribution is 2.37. The molecule has 36 heavy (non-hydrogen) atoms. The van der Waals surface area contributed by atoms with Crippen molar-refractivity contribution in [2.75, 3.05) is 26.3 Å². The van der Waals surface area contributed by atoms with E-state index in [1.165, 1.54) is 12.1 Å². The Morgan fingerprint density at radius 3 is 2.25 bits per heavy atom. The molecular formula is C25H33N3O8. The van der Waals surface area contributed by atoms with Gasteiger partial charge in [-0.25, -0.2) is 0 Å². The van der Waals surface area contributed by atoms with Gasteiger partial charge in [-0.15, -0.1) is 0 Å². The van der Waals surface area contributed by atoms with Gasteiger partial charge in [0.15, 0.2) is 17.3 Å². The number of phenols is 3. The van der Waals surface area contributed by atoms with Crippen LogP contribution in [0.2, 0.25) is 0 Å². The van der Waals surface area contributed by atoms with Gasteiger partial charge in [-0.3, -0.25) is 14.4 Å². The summed E-state index contributed by atoms with van der Waals surface area (Å²) < 4.78 is 5.42. The average Bonchev–Trinajstić information content (AvgIpc) is 2.85. The Labute approximate surface area is 208 Å². The maximum atomic E-state index is 12.2. The number of benzene rings is 2. The largest absolute Gasteiger partial charge is 0.508 e. The van der Waals surface area contributed by atoms with E-state index in [4.69, 9.17) is 15.6 Å². The third-order valence-electron chi connectivity index (χ3n) is 5.22. The average molecular weight is 504 g/mol. The van der Waals surface area contributed by atoms with Gasteiger partial charge in [0.1, 0.15) is 5.75 Å². The quantitative estimate of drug-likeness (QED) is 0.172. The normalized spacial score (nSPS) is 11.5. The molecule has 0 heterocycles. The molecule has 2 aromatic rings. The molecule has 0 saturated heterocycles. The highest BCUT2D eigenvalue weighted by atomic mass is 16.5. The summed E-state index contributed by atoms with van der Waals surface area (Å²) in [6.07, 6.45) is 1.84. The number of nitrogens with two attached hydrogens (primary N) is 1. The van der Waals surface area contributed by atoms with Crippen LogP contribution in [0.1, 0.15) is 41.6 Å². The van der Waals surface area contributed by atoms with Gasteiger partial charge >= 0.3 is 0 Å². The number of hydrogen-bond acceptors (Lipinski definition) is 9. The van der Waals surface area contributed by atoms with Gasteiger partial charge < -0.3 is 41.5 Å². The molecule has 0 radical (unpaired) electrons. The number of carbonyl (C=O) groups is 3. The van der Waals surface area contributed by atoms with E-state index < -0.39 is 23.4 Å². The van der Waals surface area contributed by atoms with Crippen LogP contribution in [0.3, 0.4) is 0 Å². The van der Waals surface area contributed by atoms with E-state index in [9.17, 15) is 29.7 Å². The van der Waals surface area contributed by atoms with Crippen molar-refractivity contribution in [2.24, 2.45) is 5.73 Å². The highest BCUT2D eigenvalue weighted by molar-refractivity contribution is 5.97. The summed E-state index contributed by atoms with van der Waals surface area (Å²) in [6, 6.07) is 7.98. The van der Waals surface area contributed by atoms with Gasteiger partial charge in [0.05, 0.1) is 19.2 Å². The van der Waals surface area contributed by atoms with E-state index in [0.29, 0.717) is 32.2 Å². The molecule has 0 fully saturated rings. The van der Waals surface area contributed by atoms with Gasteiger partial charge in [0, 0.05) is 25.1 Å². The number of unbranched alkanes of at least 4 members (excludes halogenated alkanes) is 1. The number of amides is 2. The summed E-state index contributed by atoms with van der Waals surface area (Å²) in [6.45, 7) is 0.158. The summed E-state index contributed by atoms with van der Waals surface area (Å²) in [5.74, 6) is -2.10. The van der Waals surface area contributed by atoms with Crippen molar-refractivity contribution in [3.05, 3.63) is 47.5 Å². The molecule has 0 aromatic heterocycles. The number of Topliss-reactive ketones (excluding diaryl/α,β-unsaturated/α-hetero) is 1. The lowest BCUT2D eigenvalue weighted by Crippen LogP contribution is -2.42. The lowest BCUT2D eigenvalue weighted by atomic mass is 10.1. The van der Waals surface area contributed by atoms with Crippen LogP contribution in [-0.2, 0) is 16.0 Å². The molecule has 0 aliphatic rings. The third-order valence-corrected chi connectivity index (χ3v) is 5.22. The van der Waals surface area contributed by atoms with Crippen molar-refractivity contribution in [3.8, 4) is 23.0 Å². The summed E-state index contributed by atoms with van der Waals surface area (Å²) in [5, 5.41) is 43.4. The maximum Gasteiger partial charge on any atom is 0.251 e. The van der Waals surface area contributed by atoms with Crippen LogP contribution in [0, 0.1) is 0 Å². The standard InChI is InChI=1S/C25H33N3O8/c26-20(12-16-5-7-18(30)8-6-16)25(35)27-9-1-2-11-36-23-21(32)13-17(14-22(23)33)24(34)28-15-19(31)4-3-10-29/h5-8,13-14,20,29-30,32-33H,1-4,9-12,15,26H2,(H,27,35)(H,28,34)/t20-/m0/s1. The first-order valence-corrected chi connectivity index (χ1v) is 11.6. The Morgan fingerprint density at radius 2 is 1.61 bits per heavy atom.